The van der Waals surface area contributed by atoms with Crippen LogP contribution in [0.25, 0.3) is 5.95 Å². The van der Waals surface area contributed by atoms with Gasteiger partial charge in [-0.3, -0.25) is 0 Å². The van der Waals surface area contributed by atoms with Gasteiger partial charge in [-0.1, -0.05) is 6.92 Å². The molecule has 0 fully saturated rings. The normalized spacial score (nSPS) is 10.7. The molecule has 0 aliphatic carbocycles. The smallest absolute Gasteiger partial charge is 0.322 e. The van der Waals surface area contributed by atoms with E-state index in [1.807, 2.05) is 20.8 Å². The zero-order valence-corrected chi connectivity index (χ0v) is 12.6. The quantitative estimate of drug-likeness (QED) is 0.897. The molecule has 0 amide bonds. The van der Waals surface area contributed by atoms with E-state index in [0.29, 0.717) is 11.9 Å². The second-order valence-electron chi connectivity index (χ2n) is 4.58. The second-order valence-corrected chi connectivity index (χ2v) is 4.58. The fourth-order valence-corrected chi connectivity index (χ4v) is 1.76. The van der Waals surface area contributed by atoms with Crippen molar-refractivity contribution in [2.45, 2.75) is 34.1 Å². The van der Waals surface area contributed by atoms with Crippen molar-refractivity contribution >= 4 is 5.95 Å². The van der Waals surface area contributed by atoms with Gasteiger partial charge in [0.25, 0.3) is 5.95 Å². The number of aryl methyl sites for hydroxylation is 1. The van der Waals surface area contributed by atoms with Crippen molar-refractivity contribution in [1.29, 1.82) is 0 Å². The van der Waals surface area contributed by atoms with Crippen LogP contribution in [0.15, 0.2) is 0 Å². The summed E-state index contributed by atoms with van der Waals surface area (Å²) in [5.41, 5.74) is 3.11. The summed E-state index contributed by atoms with van der Waals surface area (Å²) >= 11 is 0. The Bertz CT molecular complexity index is 607. The van der Waals surface area contributed by atoms with E-state index in [2.05, 4.69) is 32.3 Å². The van der Waals surface area contributed by atoms with Gasteiger partial charge in [-0.25, -0.2) is 4.68 Å². The first-order valence-electron chi connectivity index (χ1n) is 6.64. The van der Waals surface area contributed by atoms with Crippen molar-refractivity contribution in [2.75, 3.05) is 19.0 Å². The van der Waals surface area contributed by atoms with E-state index in [1.54, 1.807) is 4.68 Å². The molecule has 0 aromatic carbocycles. The third-order valence-corrected chi connectivity index (χ3v) is 3.16. The maximum absolute atomic E-state index is 5.13. The van der Waals surface area contributed by atoms with Crippen LogP contribution < -0.4 is 10.1 Å². The zero-order valence-electron chi connectivity index (χ0n) is 12.6. The molecule has 2 aromatic heterocycles. The Kier molecular flexibility index (Phi) is 4.16. The molecule has 108 valence electrons. The molecule has 0 atom stereocenters. The van der Waals surface area contributed by atoms with Gasteiger partial charge in [0.2, 0.25) is 5.95 Å². The first kappa shape index (κ1) is 14.2. The molecule has 0 radical (unpaired) electrons. The lowest BCUT2D eigenvalue weighted by Gasteiger charge is -2.08. The molecule has 0 unspecified atom stereocenters. The number of anilines is 1. The lowest BCUT2D eigenvalue weighted by Crippen LogP contribution is -2.12. The van der Waals surface area contributed by atoms with Crippen LogP contribution in [0, 0.1) is 20.8 Å². The fourth-order valence-electron chi connectivity index (χ4n) is 1.76. The third kappa shape index (κ3) is 2.71. The summed E-state index contributed by atoms with van der Waals surface area (Å²) in [4.78, 5) is 12.8. The van der Waals surface area contributed by atoms with Crippen LogP contribution in [-0.2, 0) is 0 Å². The third-order valence-electron chi connectivity index (χ3n) is 3.16. The summed E-state index contributed by atoms with van der Waals surface area (Å²) in [6, 6.07) is 0.277. The summed E-state index contributed by atoms with van der Waals surface area (Å²) in [5.74, 6) is 0.961. The van der Waals surface area contributed by atoms with E-state index in [4.69, 9.17) is 4.74 Å². The van der Waals surface area contributed by atoms with Crippen molar-refractivity contribution in [3.63, 3.8) is 0 Å². The Morgan fingerprint density at radius 1 is 1.15 bits per heavy atom. The minimum atomic E-state index is 0.277. The van der Waals surface area contributed by atoms with Gasteiger partial charge >= 0.3 is 6.01 Å². The standard InChI is InChI=1S/C13H20N6O/c1-6-7-14-11-15-12(17-13(16-11)20-5)19-10(4)8(2)9(3)18-19/h6-7H2,1-5H3,(H,14,15,16,17). The first-order chi connectivity index (χ1) is 9.56. The highest BCUT2D eigenvalue weighted by atomic mass is 16.5. The van der Waals surface area contributed by atoms with Gasteiger partial charge in [0, 0.05) is 12.2 Å². The number of nitrogens with zero attached hydrogens (tertiary/aromatic N) is 5. The molecule has 1 N–H and O–H groups in total. The van der Waals surface area contributed by atoms with Crippen LogP contribution in [0.4, 0.5) is 5.95 Å². The van der Waals surface area contributed by atoms with Gasteiger partial charge < -0.3 is 10.1 Å². The number of hydrogen-bond donors (Lipinski definition) is 1. The van der Waals surface area contributed by atoms with Gasteiger partial charge in [0.05, 0.1) is 12.8 Å². The Morgan fingerprint density at radius 2 is 1.90 bits per heavy atom. The predicted octanol–water partition coefficient (Wildman–Crippen LogP) is 1.81. The molecule has 0 spiro atoms. The Hall–Kier alpha value is -2.18. The van der Waals surface area contributed by atoms with E-state index < -0.39 is 0 Å². The van der Waals surface area contributed by atoms with Crippen molar-refractivity contribution in [1.82, 2.24) is 24.7 Å². The molecule has 0 saturated heterocycles. The highest BCUT2D eigenvalue weighted by Gasteiger charge is 2.14. The fraction of sp³-hybridized carbons (Fsp3) is 0.538. The van der Waals surface area contributed by atoms with Crippen LogP contribution in [0.1, 0.15) is 30.3 Å². The van der Waals surface area contributed by atoms with Gasteiger partial charge in [0.1, 0.15) is 0 Å². The van der Waals surface area contributed by atoms with Crippen molar-refractivity contribution in [3.05, 3.63) is 17.0 Å². The molecule has 2 aromatic rings. The van der Waals surface area contributed by atoms with E-state index in [-0.39, 0.29) is 6.01 Å². The minimum absolute atomic E-state index is 0.277. The van der Waals surface area contributed by atoms with Crippen molar-refractivity contribution in [2.24, 2.45) is 0 Å². The van der Waals surface area contributed by atoms with Crippen molar-refractivity contribution in [3.8, 4) is 12.0 Å². The van der Waals surface area contributed by atoms with Crippen LogP contribution >= 0.6 is 0 Å². The van der Waals surface area contributed by atoms with Crippen LogP contribution in [0.2, 0.25) is 0 Å². The molecule has 0 saturated carbocycles. The lowest BCUT2D eigenvalue weighted by molar-refractivity contribution is 0.377. The average molecular weight is 276 g/mol. The Morgan fingerprint density at radius 3 is 2.45 bits per heavy atom. The van der Waals surface area contributed by atoms with Crippen LogP contribution in [0.5, 0.6) is 6.01 Å². The van der Waals surface area contributed by atoms with Gasteiger partial charge in [-0.05, 0) is 32.8 Å². The molecule has 0 aliphatic rings. The van der Waals surface area contributed by atoms with E-state index in [9.17, 15) is 0 Å². The molecular formula is C13H20N6O. The van der Waals surface area contributed by atoms with Crippen LogP contribution in [0.3, 0.4) is 0 Å². The van der Waals surface area contributed by atoms with E-state index >= 15 is 0 Å². The second kappa shape index (κ2) is 5.85. The molecule has 2 heterocycles. The Labute approximate surface area is 118 Å². The molecule has 7 heteroatoms. The predicted molar refractivity (Wildman–Crippen MR) is 76.5 cm³/mol. The number of hydrogen-bond acceptors (Lipinski definition) is 6. The van der Waals surface area contributed by atoms with Gasteiger partial charge in [0.15, 0.2) is 0 Å². The van der Waals surface area contributed by atoms with Crippen LogP contribution in [-0.4, -0.2) is 38.4 Å². The molecule has 2 rings (SSSR count). The summed E-state index contributed by atoms with van der Waals surface area (Å²) in [6.45, 7) is 8.86. The first-order valence-corrected chi connectivity index (χ1v) is 6.64. The summed E-state index contributed by atoms with van der Waals surface area (Å²) in [7, 11) is 1.54. The maximum atomic E-state index is 5.13. The van der Waals surface area contributed by atoms with E-state index in [1.165, 1.54) is 7.11 Å². The molecule has 0 bridgehead atoms. The number of rotatable bonds is 5. The molecule has 20 heavy (non-hydrogen) atoms. The molecule has 7 nitrogen and oxygen atoms in total. The van der Waals surface area contributed by atoms with Gasteiger partial charge in [-0.2, -0.15) is 20.1 Å². The Balaban J connectivity index is 2.46. The largest absolute Gasteiger partial charge is 0.467 e. The zero-order chi connectivity index (χ0) is 14.7. The van der Waals surface area contributed by atoms with E-state index in [0.717, 1.165) is 29.9 Å². The highest BCUT2D eigenvalue weighted by molar-refractivity contribution is 5.33. The maximum Gasteiger partial charge on any atom is 0.322 e. The SMILES string of the molecule is CCCNc1nc(OC)nc(-n2nc(C)c(C)c2C)n1. The molecular weight excluding hydrogens is 256 g/mol. The number of nitrogens with one attached hydrogen (secondary N) is 1. The molecule has 0 aliphatic heterocycles. The highest BCUT2D eigenvalue weighted by Crippen LogP contribution is 2.16. The minimum Gasteiger partial charge on any atom is -0.467 e. The average Bonchev–Trinajstić information content (AvgIpc) is 2.72. The van der Waals surface area contributed by atoms with Gasteiger partial charge in [-0.15, -0.1) is 0 Å². The summed E-state index contributed by atoms with van der Waals surface area (Å²) in [6.07, 6.45) is 0.988. The summed E-state index contributed by atoms with van der Waals surface area (Å²) < 4.78 is 6.84. The topological polar surface area (TPSA) is 77.8 Å². The van der Waals surface area contributed by atoms with Crippen molar-refractivity contribution < 1.29 is 4.74 Å². The number of aromatic nitrogens is 5. The number of ether oxygens (including phenoxy) is 1. The monoisotopic (exact) mass is 276 g/mol. The lowest BCUT2D eigenvalue weighted by atomic mass is 10.2. The number of methoxy groups -OCH3 is 1. The summed E-state index contributed by atoms with van der Waals surface area (Å²) in [5, 5.41) is 7.59.